The van der Waals surface area contributed by atoms with Crippen molar-refractivity contribution in [1.29, 1.82) is 0 Å². The molecule has 2 atom stereocenters. The van der Waals surface area contributed by atoms with Crippen LogP contribution in [0.2, 0.25) is 5.02 Å². The predicted molar refractivity (Wildman–Crippen MR) is 84.9 cm³/mol. The predicted octanol–water partition coefficient (Wildman–Crippen LogP) is 3.04. The van der Waals surface area contributed by atoms with Crippen molar-refractivity contribution in [2.24, 2.45) is 5.92 Å². The number of nitrogens with zero attached hydrogens (tertiary/aromatic N) is 1. The highest BCUT2D eigenvalue weighted by Gasteiger charge is 2.33. The molecule has 0 bridgehead atoms. The lowest BCUT2D eigenvalue weighted by Gasteiger charge is -2.30. The fourth-order valence-electron chi connectivity index (χ4n) is 3.20. The number of nitrogens with one attached hydrogen (secondary N) is 1. The summed E-state index contributed by atoms with van der Waals surface area (Å²) in [5, 5.41) is 4.18. The molecule has 1 aromatic carbocycles. The Morgan fingerprint density at radius 1 is 1.45 bits per heavy atom. The summed E-state index contributed by atoms with van der Waals surface area (Å²) in [5.74, 6) is 0.426. The molecule has 3 nitrogen and oxygen atoms in total. The first-order valence-electron chi connectivity index (χ1n) is 6.99. The Morgan fingerprint density at radius 3 is 3.00 bits per heavy atom. The van der Waals surface area contributed by atoms with Crippen molar-refractivity contribution in [2.45, 2.75) is 32.2 Å². The van der Waals surface area contributed by atoms with Gasteiger partial charge in [0.2, 0.25) is 5.91 Å². The number of carbonyl (C=O) groups excluding carboxylic acids is 1. The highest BCUT2D eigenvalue weighted by Crippen LogP contribution is 2.35. The lowest BCUT2D eigenvalue weighted by atomic mass is 9.92. The molecule has 3 rings (SSSR count). The smallest absolute Gasteiger partial charge is 0.230 e. The first kappa shape index (κ1) is 15.6. The van der Waals surface area contributed by atoms with Crippen LogP contribution in [0.1, 0.15) is 25.3 Å². The van der Waals surface area contributed by atoms with E-state index in [0.29, 0.717) is 6.04 Å². The molecule has 110 valence electrons. The van der Waals surface area contributed by atoms with Gasteiger partial charge in [-0.15, -0.1) is 12.4 Å². The highest BCUT2D eigenvalue weighted by molar-refractivity contribution is 6.32. The Kier molecular flexibility index (Phi) is 4.95. The van der Waals surface area contributed by atoms with Gasteiger partial charge in [0.25, 0.3) is 0 Å². The number of hydrogen-bond donors (Lipinski definition) is 1. The number of benzene rings is 1. The number of amides is 1. The first-order chi connectivity index (χ1) is 9.16. The third-order valence-electron chi connectivity index (χ3n) is 4.21. The van der Waals surface area contributed by atoms with Gasteiger partial charge in [0.15, 0.2) is 0 Å². The van der Waals surface area contributed by atoms with Crippen molar-refractivity contribution in [3.05, 3.63) is 28.8 Å². The van der Waals surface area contributed by atoms with E-state index in [4.69, 9.17) is 11.6 Å². The molecule has 2 heterocycles. The number of anilines is 1. The van der Waals surface area contributed by atoms with Gasteiger partial charge in [0.1, 0.15) is 0 Å². The van der Waals surface area contributed by atoms with Gasteiger partial charge < -0.3 is 10.2 Å². The Hall–Kier alpha value is -0.770. The zero-order chi connectivity index (χ0) is 13.4. The second-order valence-electron chi connectivity index (χ2n) is 5.55. The second-order valence-corrected chi connectivity index (χ2v) is 5.96. The maximum absolute atomic E-state index is 12.7. The molecule has 5 heteroatoms. The number of rotatable bonds is 1. The zero-order valence-corrected chi connectivity index (χ0v) is 13.1. The monoisotopic (exact) mass is 314 g/mol. The number of fused-ring (bicyclic) bond motifs is 1. The summed E-state index contributed by atoms with van der Waals surface area (Å²) in [5.41, 5.74) is 2.14. The van der Waals surface area contributed by atoms with Gasteiger partial charge in [-0.3, -0.25) is 4.79 Å². The average Bonchev–Trinajstić information content (AvgIpc) is 2.83. The van der Waals surface area contributed by atoms with Gasteiger partial charge in [-0.1, -0.05) is 17.7 Å². The van der Waals surface area contributed by atoms with Gasteiger partial charge in [0.05, 0.1) is 0 Å². The van der Waals surface area contributed by atoms with Gasteiger partial charge in [0, 0.05) is 29.2 Å². The summed E-state index contributed by atoms with van der Waals surface area (Å²) in [6.07, 6.45) is 2.75. The van der Waals surface area contributed by atoms with Crippen LogP contribution in [0.5, 0.6) is 0 Å². The molecule has 2 aliphatic heterocycles. The molecule has 1 N–H and O–H groups in total. The Morgan fingerprint density at radius 2 is 2.25 bits per heavy atom. The van der Waals surface area contributed by atoms with Crippen LogP contribution in [0.15, 0.2) is 18.2 Å². The quantitative estimate of drug-likeness (QED) is 0.864. The molecule has 1 amide bonds. The summed E-state index contributed by atoms with van der Waals surface area (Å²) in [4.78, 5) is 14.6. The maximum Gasteiger partial charge on any atom is 0.230 e. The van der Waals surface area contributed by atoms with Gasteiger partial charge >= 0.3 is 0 Å². The molecule has 1 fully saturated rings. The fraction of sp³-hybridized carbons (Fsp3) is 0.533. The minimum absolute atomic E-state index is 0. The molecule has 0 spiro atoms. The molecular formula is C15H20Cl2N2O. The van der Waals surface area contributed by atoms with E-state index < -0.39 is 0 Å². The van der Waals surface area contributed by atoms with E-state index in [2.05, 4.69) is 12.2 Å². The molecule has 20 heavy (non-hydrogen) atoms. The topological polar surface area (TPSA) is 32.3 Å². The minimum Gasteiger partial charge on any atom is -0.314 e. The van der Waals surface area contributed by atoms with Crippen LogP contribution < -0.4 is 10.2 Å². The third kappa shape index (κ3) is 2.80. The minimum atomic E-state index is 0. The van der Waals surface area contributed by atoms with E-state index in [-0.39, 0.29) is 24.2 Å². The Labute approximate surface area is 131 Å². The fourth-order valence-corrected chi connectivity index (χ4v) is 3.46. The van der Waals surface area contributed by atoms with Crippen molar-refractivity contribution in [3.8, 4) is 0 Å². The first-order valence-corrected chi connectivity index (χ1v) is 7.37. The summed E-state index contributed by atoms with van der Waals surface area (Å²) in [7, 11) is 0. The van der Waals surface area contributed by atoms with Gasteiger partial charge in [-0.25, -0.2) is 0 Å². The summed E-state index contributed by atoms with van der Waals surface area (Å²) in [6.45, 7) is 3.86. The van der Waals surface area contributed by atoms with E-state index in [1.165, 1.54) is 0 Å². The van der Waals surface area contributed by atoms with Crippen molar-refractivity contribution in [1.82, 2.24) is 5.32 Å². The lowest BCUT2D eigenvalue weighted by molar-refractivity contribution is -0.123. The SMILES string of the molecule is C[C@H]1C[C@@H](C(=O)N2CCc3c(Cl)cccc32)CCN1.Cl. The molecule has 0 unspecified atom stereocenters. The van der Waals surface area contributed by atoms with Gasteiger partial charge in [-0.05, 0) is 50.4 Å². The van der Waals surface area contributed by atoms with Crippen LogP contribution in [0.25, 0.3) is 0 Å². The summed E-state index contributed by atoms with van der Waals surface area (Å²) in [6, 6.07) is 6.28. The van der Waals surface area contributed by atoms with Crippen molar-refractivity contribution >= 4 is 35.6 Å². The Balaban J connectivity index is 0.00000147. The molecule has 2 aliphatic rings. The van der Waals surface area contributed by atoms with Gasteiger partial charge in [-0.2, -0.15) is 0 Å². The second kappa shape index (κ2) is 6.33. The molecule has 0 aromatic heterocycles. The molecule has 0 aliphatic carbocycles. The standard InChI is InChI=1S/C15H19ClN2O.ClH/c1-10-9-11(5-7-17-10)15(19)18-8-6-12-13(16)3-2-4-14(12)18;/h2-4,10-11,17H,5-9H2,1H3;1H/t10-,11-;/m0./s1. The van der Waals surface area contributed by atoms with E-state index in [9.17, 15) is 4.79 Å². The molecule has 1 aromatic rings. The summed E-state index contributed by atoms with van der Waals surface area (Å²) >= 11 is 6.20. The molecule has 0 radical (unpaired) electrons. The van der Waals surface area contributed by atoms with E-state index in [1.807, 2.05) is 23.1 Å². The van der Waals surface area contributed by atoms with E-state index in [1.54, 1.807) is 0 Å². The van der Waals surface area contributed by atoms with Crippen LogP contribution in [-0.2, 0) is 11.2 Å². The highest BCUT2D eigenvalue weighted by atomic mass is 35.5. The molecule has 0 saturated carbocycles. The van der Waals surface area contributed by atoms with E-state index >= 15 is 0 Å². The number of carbonyl (C=O) groups is 1. The third-order valence-corrected chi connectivity index (χ3v) is 4.56. The Bertz CT molecular complexity index is 507. The van der Waals surface area contributed by atoms with Crippen molar-refractivity contribution in [2.75, 3.05) is 18.0 Å². The van der Waals surface area contributed by atoms with Crippen LogP contribution >= 0.6 is 24.0 Å². The van der Waals surface area contributed by atoms with Crippen LogP contribution in [0.4, 0.5) is 5.69 Å². The van der Waals surface area contributed by atoms with Crippen molar-refractivity contribution in [3.63, 3.8) is 0 Å². The largest absolute Gasteiger partial charge is 0.314 e. The number of hydrogen-bond acceptors (Lipinski definition) is 2. The normalized spacial score (nSPS) is 25.0. The molecule has 1 saturated heterocycles. The maximum atomic E-state index is 12.7. The van der Waals surface area contributed by atoms with Crippen LogP contribution in [0, 0.1) is 5.92 Å². The average molecular weight is 315 g/mol. The van der Waals surface area contributed by atoms with Crippen LogP contribution in [0.3, 0.4) is 0 Å². The number of piperidine rings is 1. The van der Waals surface area contributed by atoms with Crippen LogP contribution in [-0.4, -0.2) is 25.0 Å². The number of halogens is 2. The lowest BCUT2D eigenvalue weighted by Crippen LogP contribution is -2.43. The zero-order valence-electron chi connectivity index (χ0n) is 11.6. The van der Waals surface area contributed by atoms with E-state index in [0.717, 1.165) is 48.6 Å². The van der Waals surface area contributed by atoms with Crippen molar-refractivity contribution < 1.29 is 4.79 Å². The summed E-state index contributed by atoms with van der Waals surface area (Å²) < 4.78 is 0. The molecular weight excluding hydrogens is 295 g/mol.